The average molecular weight is 511 g/mol. The zero-order chi connectivity index (χ0) is 25.3. The van der Waals surface area contributed by atoms with E-state index >= 15 is 0 Å². The first kappa shape index (κ1) is 24.8. The molecule has 192 valence electrons. The van der Waals surface area contributed by atoms with Gasteiger partial charge >= 0.3 is 0 Å². The molecule has 1 atom stereocenters. The van der Waals surface area contributed by atoms with E-state index < -0.39 is 10.0 Å². The predicted octanol–water partition coefficient (Wildman–Crippen LogP) is 3.77. The van der Waals surface area contributed by atoms with Gasteiger partial charge in [0.05, 0.1) is 16.3 Å². The molecule has 0 spiro atoms. The van der Waals surface area contributed by atoms with Crippen LogP contribution in [-0.2, 0) is 26.0 Å². The molecule has 0 saturated carbocycles. The molecule has 2 aromatic rings. The van der Waals surface area contributed by atoms with Gasteiger partial charge in [-0.2, -0.15) is 4.31 Å². The highest BCUT2D eigenvalue weighted by Crippen LogP contribution is 2.41. The van der Waals surface area contributed by atoms with Crippen molar-refractivity contribution >= 4 is 38.9 Å². The lowest BCUT2D eigenvalue weighted by molar-refractivity contribution is -0.123. The first-order valence-electron chi connectivity index (χ1n) is 13.0. The van der Waals surface area contributed by atoms with E-state index in [1.54, 1.807) is 12.1 Å². The Morgan fingerprint density at radius 3 is 2.39 bits per heavy atom. The number of hydrogen-bond donors (Lipinski definition) is 1. The predicted molar refractivity (Wildman–Crippen MR) is 141 cm³/mol. The number of benzene rings is 2. The minimum Gasteiger partial charge on any atom is -0.358 e. The highest BCUT2D eigenvalue weighted by molar-refractivity contribution is 7.89. The van der Waals surface area contributed by atoms with Crippen molar-refractivity contribution in [2.75, 3.05) is 41.3 Å². The average Bonchev–Trinajstić information content (AvgIpc) is 2.91. The van der Waals surface area contributed by atoms with Gasteiger partial charge in [0.1, 0.15) is 12.6 Å². The maximum absolute atomic E-state index is 13.6. The van der Waals surface area contributed by atoms with Gasteiger partial charge in [-0.3, -0.25) is 14.5 Å². The summed E-state index contributed by atoms with van der Waals surface area (Å²) in [6, 6.07) is 12.4. The largest absolute Gasteiger partial charge is 0.358 e. The molecule has 3 aliphatic rings. The van der Waals surface area contributed by atoms with Crippen LogP contribution in [0, 0.1) is 0 Å². The lowest BCUT2D eigenvalue weighted by atomic mass is 9.96. The third-order valence-corrected chi connectivity index (χ3v) is 9.40. The minimum absolute atomic E-state index is 0.147. The van der Waals surface area contributed by atoms with Crippen molar-refractivity contribution in [1.29, 1.82) is 0 Å². The summed E-state index contributed by atoms with van der Waals surface area (Å²) in [5.74, 6) is -0.460. The Bertz CT molecular complexity index is 1240. The number of anilines is 3. The van der Waals surface area contributed by atoms with Crippen molar-refractivity contribution in [2.45, 2.75) is 62.8 Å². The molecule has 2 fully saturated rings. The highest BCUT2D eigenvalue weighted by Gasteiger charge is 2.41. The fourth-order valence-electron chi connectivity index (χ4n) is 5.48. The standard InChI is InChI=1S/C27H34N4O4S/c1-2-20-9-11-21(12-10-20)28-26(32)19-31-25-18-22(36(34,35)29-15-5-3-6-16-29)13-14-23(25)30-17-7-4-8-24(30)27(31)33/h9-14,18,24H,2-8,15-17,19H2,1H3,(H,28,32)/t24-/m1/s1. The summed E-state index contributed by atoms with van der Waals surface area (Å²) in [4.78, 5) is 30.4. The first-order chi connectivity index (χ1) is 17.4. The lowest BCUT2D eigenvalue weighted by Crippen LogP contribution is -2.56. The van der Waals surface area contributed by atoms with Crippen LogP contribution in [0.4, 0.5) is 17.1 Å². The van der Waals surface area contributed by atoms with E-state index in [0.717, 1.165) is 57.2 Å². The number of rotatable bonds is 6. The van der Waals surface area contributed by atoms with Gasteiger partial charge < -0.3 is 10.2 Å². The van der Waals surface area contributed by atoms with Gasteiger partial charge in [-0.15, -0.1) is 0 Å². The van der Waals surface area contributed by atoms with E-state index in [0.29, 0.717) is 24.5 Å². The molecule has 0 bridgehead atoms. The van der Waals surface area contributed by atoms with Crippen LogP contribution < -0.4 is 15.1 Å². The summed E-state index contributed by atoms with van der Waals surface area (Å²) in [5.41, 5.74) is 3.15. The summed E-state index contributed by atoms with van der Waals surface area (Å²) >= 11 is 0. The van der Waals surface area contributed by atoms with Crippen LogP contribution in [0.5, 0.6) is 0 Å². The maximum Gasteiger partial charge on any atom is 0.250 e. The Morgan fingerprint density at radius 2 is 1.67 bits per heavy atom. The van der Waals surface area contributed by atoms with Crippen molar-refractivity contribution in [3.8, 4) is 0 Å². The fraction of sp³-hybridized carbons (Fsp3) is 0.481. The van der Waals surface area contributed by atoms with Crippen LogP contribution in [0.3, 0.4) is 0 Å². The van der Waals surface area contributed by atoms with Crippen LogP contribution in [-0.4, -0.2) is 56.8 Å². The second-order valence-corrected chi connectivity index (χ2v) is 11.8. The van der Waals surface area contributed by atoms with Crippen LogP contribution in [0.15, 0.2) is 47.4 Å². The molecule has 2 amide bonds. The van der Waals surface area contributed by atoms with E-state index in [1.165, 1.54) is 14.8 Å². The number of aryl methyl sites for hydroxylation is 1. The zero-order valence-electron chi connectivity index (χ0n) is 20.8. The van der Waals surface area contributed by atoms with E-state index in [4.69, 9.17) is 0 Å². The minimum atomic E-state index is -3.67. The van der Waals surface area contributed by atoms with Gasteiger partial charge in [0.25, 0.3) is 0 Å². The van der Waals surface area contributed by atoms with Gasteiger partial charge in [0, 0.05) is 25.3 Å². The van der Waals surface area contributed by atoms with Crippen LogP contribution in [0.2, 0.25) is 0 Å². The number of amides is 2. The van der Waals surface area contributed by atoms with Crippen molar-refractivity contribution in [3.05, 3.63) is 48.0 Å². The van der Waals surface area contributed by atoms with Crippen LogP contribution >= 0.6 is 0 Å². The van der Waals surface area contributed by atoms with Gasteiger partial charge in [-0.05, 0) is 74.4 Å². The number of hydrogen-bond acceptors (Lipinski definition) is 5. The van der Waals surface area contributed by atoms with Crippen molar-refractivity contribution < 1.29 is 18.0 Å². The molecule has 2 aromatic carbocycles. The van der Waals surface area contributed by atoms with Crippen LogP contribution in [0.25, 0.3) is 0 Å². The maximum atomic E-state index is 13.6. The smallest absolute Gasteiger partial charge is 0.250 e. The highest BCUT2D eigenvalue weighted by atomic mass is 32.2. The SMILES string of the molecule is CCc1ccc(NC(=O)CN2C(=O)[C@H]3CCCCN3c3ccc(S(=O)(=O)N4CCCCC4)cc32)cc1. The summed E-state index contributed by atoms with van der Waals surface area (Å²) in [5, 5.41) is 2.89. The van der Waals surface area contributed by atoms with Crippen molar-refractivity contribution in [2.24, 2.45) is 0 Å². The quantitative estimate of drug-likeness (QED) is 0.639. The van der Waals surface area contributed by atoms with Gasteiger partial charge in [0.2, 0.25) is 21.8 Å². The van der Waals surface area contributed by atoms with Gasteiger partial charge in [-0.25, -0.2) is 8.42 Å². The number of carbonyl (C=O) groups is 2. The number of carbonyl (C=O) groups excluding carboxylic acids is 2. The number of nitrogens with zero attached hydrogens (tertiary/aromatic N) is 3. The molecule has 2 saturated heterocycles. The molecule has 9 heteroatoms. The summed E-state index contributed by atoms with van der Waals surface area (Å²) in [6.45, 7) is 3.66. The third-order valence-electron chi connectivity index (χ3n) is 7.50. The number of piperidine rings is 2. The second-order valence-electron chi connectivity index (χ2n) is 9.84. The third kappa shape index (κ3) is 4.74. The molecule has 0 aromatic heterocycles. The molecule has 0 aliphatic carbocycles. The van der Waals surface area contributed by atoms with Crippen molar-refractivity contribution in [1.82, 2.24) is 4.31 Å². The lowest BCUT2D eigenvalue weighted by Gasteiger charge is -2.45. The second kappa shape index (κ2) is 10.2. The fourth-order valence-corrected chi connectivity index (χ4v) is 7.02. The molecule has 0 radical (unpaired) electrons. The molecular formula is C27H34N4O4S. The number of fused-ring (bicyclic) bond motifs is 3. The Hall–Kier alpha value is -2.91. The molecule has 3 aliphatic heterocycles. The zero-order valence-corrected chi connectivity index (χ0v) is 21.6. The molecule has 5 rings (SSSR count). The van der Waals surface area contributed by atoms with Gasteiger partial charge in [-0.1, -0.05) is 25.5 Å². The summed E-state index contributed by atoms with van der Waals surface area (Å²) in [6.07, 6.45) is 6.30. The molecular weight excluding hydrogens is 476 g/mol. The normalized spacial score (nSPS) is 20.6. The van der Waals surface area contributed by atoms with Crippen LogP contribution in [0.1, 0.15) is 51.0 Å². The Morgan fingerprint density at radius 1 is 0.944 bits per heavy atom. The topological polar surface area (TPSA) is 90.0 Å². The summed E-state index contributed by atoms with van der Waals surface area (Å²) < 4.78 is 28.3. The molecule has 8 nitrogen and oxygen atoms in total. The Labute approximate surface area is 213 Å². The monoisotopic (exact) mass is 510 g/mol. The van der Waals surface area contributed by atoms with E-state index in [9.17, 15) is 18.0 Å². The Kier molecular flexibility index (Phi) is 7.03. The van der Waals surface area contributed by atoms with Gasteiger partial charge in [0.15, 0.2) is 0 Å². The van der Waals surface area contributed by atoms with Crippen molar-refractivity contribution in [3.63, 3.8) is 0 Å². The number of nitrogens with one attached hydrogen (secondary N) is 1. The Balaban J connectivity index is 1.46. The summed E-state index contributed by atoms with van der Waals surface area (Å²) in [7, 11) is -3.67. The molecule has 3 heterocycles. The van der Waals surface area contributed by atoms with E-state index in [-0.39, 0.29) is 29.3 Å². The number of sulfonamides is 1. The first-order valence-corrected chi connectivity index (χ1v) is 14.4. The molecule has 36 heavy (non-hydrogen) atoms. The molecule has 1 N–H and O–H groups in total. The van der Waals surface area contributed by atoms with E-state index in [2.05, 4.69) is 17.1 Å². The van der Waals surface area contributed by atoms with E-state index in [1.807, 2.05) is 30.3 Å². The molecule has 0 unspecified atom stereocenters.